The molecule has 0 radical (unpaired) electrons. The molecule has 1 aliphatic rings. The van der Waals surface area contributed by atoms with Gasteiger partial charge in [0.1, 0.15) is 5.60 Å². The Balaban J connectivity index is 2.15. The highest BCUT2D eigenvalue weighted by Gasteiger charge is 2.31. The van der Waals surface area contributed by atoms with E-state index in [0.717, 1.165) is 5.57 Å². The van der Waals surface area contributed by atoms with E-state index in [0.29, 0.717) is 39.8 Å². The van der Waals surface area contributed by atoms with Crippen molar-refractivity contribution < 1.29 is 14.6 Å². The fourth-order valence-corrected chi connectivity index (χ4v) is 3.54. The molecule has 1 atom stereocenters. The number of aliphatic hydroxyl groups is 1. The Morgan fingerprint density at radius 2 is 2.13 bits per heavy atom. The van der Waals surface area contributed by atoms with Crippen LogP contribution in [0.2, 0.25) is 0 Å². The molecule has 1 aromatic heterocycles. The van der Waals surface area contributed by atoms with Gasteiger partial charge in [0.2, 0.25) is 0 Å². The van der Waals surface area contributed by atoms with Gasteiger partial charge in [-0.05, 0) is 38.5 Å². The van der Waals surface area contributed by atoms with E-state index in [1.54, 1.807) is 51.4 Å². The van der Waals surface area contributed by atoms with Crippen molar-refractivity contribution in [1.29, 1.82) is 5.26 Å². The van der Waals surface area contributed by atoms with Crippen LogP contribution in [0.25, 0.3) is 5.57 Å². The van der Waals surface area contributed by atoms with E-state index in [-0.39, 0.29) is 12.2 Å². The van der Waals surface area contributed by atoms with Gasteiger partial charge in [-0.2, -0.15) is 5.26 Å². The molecule has 30 heavy (non-hydrogen) atoms. The predicted octanol–water partition coefficient (Wildman–Crippen LogP) is 2.41. The summed E-state index contributed by atoms with van der Waals surface area (Å²) < 4.78 is 6.61. The van der Waals surface area contributed by atoms with Crippen LogP contribution in [0.1, 0.15) is 48.6 Å². The Bertz CT molecular complexity index is 1230. The molecular weight excluding hydrogens is 380 g/mol. The third kappa shape index (κ3) is 3.78. The molecule has 3 rings (SSSR count). The van der Waals surface area contributed by atoms with Crippen LogP contribution in [-0.4, -0.2) is 22.2 Å². The van der Waals surface area contributed by atoms with Crippen molar-refractivity contribution in [3.05, 3.63) is 74.2 Å². The van der Waals surface area contributed by atoms with Gasteiger partial charge in [-0.15, -0.1) is 0 Å². The topological polar surface area (TPSA) is 92.3 Å². The number of pyridine rings is 1. The van der Waals surface area contributed by atoms with Crippen molar-refractivity contribution in [2.24, 2.45) is 7.05 Å². The molecule has 1 aromatic carbocycles. The van der Waals surface area contributed by atoms with E-state index in [9.17, 15) is 14.7 Å². The molecule has 1 aliphatic carbocycles. The SMILES string of the molecule is CCOC(=O)C1=C(C)Cc2c1c(C#CC(C)(O)c1cccc(C#N)c1)cn(C)c2=O. The molecule has 0 fully saturated rings. The van der Waals surface area contributed by atoms with Crippen LogP contribution in [0.5, 0.6) is 0 Å². The number of aryl methyl sites for hydroxylation is 1. The number of nitrogens with zero attached hydrogens (tertiary/aromatic N) is 2. The van der Waals surface area contributed by atoms with Crippen LogP contribution >= 0.6 is 0 Å². The molecule has 0 amide bonds. The van der Waals surface area contributed by atoms with Crippen LogP contribution in [0.3, 0.4) is 0 Å². The lowest BCUT2D eigenvalue weighted by molar-refractivity contribution is -0.136. The van der Waals surface area contributed by atoms with Gasteiger partial charge in [-0.3, -0.25) is 4.79 Å². The number of rotatable bonds is 3. The van der Waals surface area contributed by atoms with Gasteiger partial charge in [-0.25, -0.2) is 4.79 Å². The van der Waals surface area contributed by atoms with Crippen LogP contribution in [0.15, 0.2) is 40.8 Å². The van der Waals surface area contributed by atoms with Gasteiger partial charge in [0.25, 0.3) is 5.56 Å². The molecule has 6 heteroatoms. The molecule has 1 N–H and O–H groups in total. The molecule has 1 heterocycles. The van der Waals surface area contributed by atoms with Gasteiger partial charge in [-0.1, -0.05) is 29.5 Å². The maximum Gasteiger partial charge on any atom is 0.338 e. The molecule has 0 aliphatic heterocycles. The van der Waals surface area contributed by atoms with Crippen molar-refractivity contribution in [2.75, 3.05) is 6.61 Å². The summed E-state index contributed by atoms with van der Waals surface area (Å²) in [5.41, 5.74) is 1.72. The first-order valence-corrected chi connectivity index (χ1v) is 9.55. The fourth-order valence-electron chi connectivity index (χ4n) is 3.54. The summed E-state index contributed by atoms with van der Waals surface area (Å²) in [6.07, 6.45) is 1.92. The quantitative estimate of drug-likeness (QED) is 0.629. The number of nitriles is 1. The summed E-state index contributed by atoms with van der Waals surface area (Å²) in [5.74, 6) is 5.30. The summed E-state index contributed by atoms with van der Waals surface area (Å²) in [4.78, 5) is 25.2. The van der Waals surface area contributed by atoms with Crippen molar-refractivity contribution in [1.82, 2.24) is 4.57 Å². The molecule has 0 spiro atoms. The minimum Gasteiger partial charge on any atom is -0.462 e. The zero-order valence-electron chi connectivity index (χ0n) is 17.4. The molecular formula is C24H22N2O4. The van der Waals surface area contributed by atoms with Gasteiger partial charge in [0, 0.05) is 36.4 Å². The number of carbonyl (C=O) groups excluding carboxylic acids is 1. The normalized spacial score (nSPS) is 14.3. The Morgan fingerprint density at radius 1 is 1.40 bits per heavy atom. The van der Waals surface area contributed by atoms with E-state index >= 15 is 0 Å². The number of aromatic nitrogens is 1. The molecule has 152 valence electrons. The summed E-state index contributed by atoms with van der Waals surface area (Å²) in [5, 5.41) is 20.0. The van der Waals surface area contributed by atoms with E-state index < -0.39 is 11.6 Å². The van der Waals surface area contributed by atoms with Crippen LogP contribution in [0.4, 0.5) is 0 Å². The molecule has 0 saturated heterocycles. The van der Waals surface area contributed by atoms with Crippen molar-refractivity contribution in [2.45, 2.75) is 32.8 Å². The number of fused-ring (bicyclic) bond motifs is 1. The second-order valence-electron chi connectivity index (χ2n) is 7.38. The average Bonchev–Trinajstić information content (AvgIpc) is 3.07. The standard InChI is InChI=1S/C24H22N2O4/c1-5-30-23(28)20-15(2)11-19-21(20)17(14-26(4)22(19)27)9-10-24(3,29)18-8-6-7-16(12-18)13-25/h6-8,12,14,29H,5,11H2,1-4H3. The molecule has 6 nitrogen and oxygen atoms in total. The van der Waals surface area contributed by atoms with E-state index in [2.05, 4.69) is 11.8 Å². The second-order valence-corrected chi connectivity index (χ2v) is 7.38. The first-order chi connectivity index (χ1) is 14.2. The number of ether oxygens (including phenoxy) is 1. The van der Waals surface area contributed by atoms with E-state index in [1.165, 1.54) is 11.5 Å². The summed E-state index contributed by atoms with van der Waals surface area (Å²) in [7, 11) is 1.63. The van der Waals surface area contributed by atoms with Gasteiger partial charge in [0.05, 0.1) is 23.8 Å². The first kappa shape index (κ1) is 21.1. The number of hydrogen-bond donors (Lipinski definition) is 1. The number of allylic oxidation sites excluding steroid dienone is 1. The maximum atomic E-state index is 12.6. The zero-order valence-corrected chi connectivity index (χ0v) is 17.4. The number of hydrogen-bond acceptors (Lipinski definition) is 5. The lowest BCUT2D eigenvalue weighted by Gasteiger charge is -2.17. The van der Waals surface area contributed by atoms with Crippen molar-refractivity contribution in [3.63, 3.8) is 0 Å². The van der Waals surface area contributed by atoms with Crippen LogP contribution < -0.4 is 5.56 Å². The van der Waals surface area contributed by atoms with Gasteiger partial charge in [0.15, 0.2) is 0 Å². The lowest BCUT2D eigenvalue weighted by atomic mass is 9.94. The van der Waals surface area contributed by atoms with Gasteiger partial charge >= 0.3 is 5.97 Å². The van der Waals surface area contributed by atoms with E-state index in [4.69, 9.17) is 10.00 Å². The number of esters is 1. The van der Waals surface area contributed by atoms with Gasteiger partial charge < -0.3 is 14.4 Å². The third-order valence-electron chi connectivity index (χ3n) is 5.06. The Morgan fingerprint density at radius 3 is 2.80 bits per heavy atom. The second kappa shape index (κ2) is 8.02. The third-order valence-corrected chi connectivity index (χ3v) is 5.06. The molecule has 2 aromatic rings. The number of benzene rings is 1. The molecule has 0 bridgehead atoms. The van der Waals surface area contributed by atoms with Crippen molar-refractivity contribution in [3.8, 4) is 17.9 Å². The minimum absolute atomic E-state index is 0.192. The summed E-state index contributed by atoms with van der Waals surface area (Å²) >= 11 is 0. The fraction of sp³-hybridized carbons (Fsp3) is 0.292. The van der Waals surface area contributed by atoms with Crippen LogP contribution in [-0.2, 0) is 28.6 Å². The van der Waals surface area contributed by atoms with Crippen molar-refractivity contribution >= 4 is 11.5 Å². The van der Waals surface area contributed by atoms with E-state index in [1.807, 2.05) is 6.07 Å². The minimum atomic E-state index is -1.53. The molecule has 0 saturated carbocycles. The smallest absolute Gasteiger partial charge is 0.338 e. The Kier molecular flexibility index (Phi) is 5.64. The maximum absolute atomic E-state index is 12.6. The average molecular weight is 402 g/mol. The highest BCUT2D eigenvalue weighted by molar-refractivity contribution is 6.19. The Labute approximate surface area is 175 Å². The highest BCUT2D eigenvalue weighted by Crippen LogP contribution is 2.34. The number of carbonyl (C=O) groups is 1. The highest BCUT2D eigenvalue weighted by atomic mass is 16.5. The molecule has 1 unspecified atom stereocenters. The largest absolute Gasteiger partial charge is 0.462 e. The predicted molar refractivity (Wildman–Crippen MR) is 112 cm³/mol. The monoisotopic (exact) mass is 402 g/mol. The first-order valence-electron chi connectivity index (χ1n) is 9.55. The Hall–Kier alpha value is -3.61. The summed E-state index contributed by atoms with van der Waals surface area (Å²) in [6.45, 7) is 5.28. The zero-order chi connectivity index (χ0) is 22.1. The lowest BCUT2D eigenvalue weighted by Crippen LogP contribution is -2.23. The van der Waals surface area contributed by atoms with Crippen LogP contribution in [0, 0.1) is 23.2 Å². The summed E-state index contributed by atoms with van der Waals surface area (Å²) in [6, 6.07) is 8.63.